The van der Waals surface area contributed by atoms with Crippen LogP contribution in [0, 0.1) is 16.7 Å². The molecule has 0 aromatic heterocycles. The molecule has 1 saturated heterocycles. The highest BCUT2D eigenvalue weighted by Gasteiger charge is 2.64. The first-order chi connectivity index (χ1) is 13.6. The molecule has 1 aromatic rings. The van der Waals surface area contributed by atoms with Gasteiger partial charge in [0.25, 0.3) is 0 Å². The van der Waals surface area contributed by atoms with Crippen LogP contribution < -0.4 is 10.1 Å². The SMILES string of the molecule is CC(C)Oc1ccc(NC(=O)CCCN2C(=O)C3CCC(C)(C2=O)C3(C)C)cc1. The summed E-state index contributed by atoms with van der Waals surface area (Å²) < 4.78 is 5.59. The van der Waals surface area contributed by atoms with Gasteiger partial charge in [0.05, 0.1) is 11.5 Å². The lowest BCUT2D eigenvalue weighted by molar-refractivity contribution is -0.168. The van der Waals surface area contributed by atoms with E-state index in [1.807, 2.05) is 46.8 Å². The van der Waals surface area contributed by atoms with E-state index in [-0.39, 0.29) is 41.6 Å². The maximum Gasteiger partial charge on any atom is 0.235 e. The molecule has 6 heteroatoms. The Morgan fingerprint density at radius 1 is 1.21 bits per heavy atom. The minimum absolute atomic E-state index is 0.0730. The van der Waals surface area contributed by atoms with Gasteiger partial charge in [0.1, 0.15) is 5.75 Å². The molecule has 158 valence electrons. The van der Waals surface area contributed by atoms with Crippen LogP contribution in [0.15, 0.2) is 24.3 Å². The van der Waals surface area contributed by atoms with Crippen LogP contribution in [0.3, 0.4) is 0 Å². The number of carbonyl (C=O) groups excluding carboxylic acids is 3. The molecule has 0 spiro atoms. The molecule has 1 aliphatic carbocycles. The third-order valence-electron chi connectivity index (χ3n) is 6.80. The van der Waals surface area contributed by atoms with Gasteiger partial charge in [-0.25, -0.2) is 0 Å². The fourth-order valence-electron chi connectivity index (χ4n) is 4.62. The molecule has 2 atom stereocenters. The monoisotopic (exact) mass is 400 g/mol. The van der Waals surface area contributed by atoms with Crippen LogP contribution in [0.5, 0.6) is 5.75 Å². The van der Waals surface area contributed by atoms with Crippen molar-refractivity contribution in [3.63, 3.8) is 0 Å². The summed E-state index contributed by atoms with van der Waals surface area (Å²) in [6, 6.07) is 7.24. The van der Waals surface area contributed by atoms with Crippen molar-refractivity contribution >= 4 is 23.4 Å². The summed E-state index contributed by atoms with van der Waals surface area (Å²) in [7, 11) is 0. The Kier molecular flexibility index (Phi) is 5.74. The predicted octanol–water partition coefficient (Wildman–Crippen LogP) is 4.00. The van der Waals surface area contributed by atoms with E-state index in [9.17, 15) is 14.4 Å². The number of hydrogen-bond acceptors (Lipinski definition) is 4. The Labute approximate surface area is 173 Å². The highest BCUT2D eigenvalue weighted by Crippen LogP contribution is 2.60. The van der Waals surface area contributed by atoms with Gasteiger partial charge in [-0.3, -0.25) is 19.3 Å². The minimum atomic E-state index is -0.492. The van der Waals surface area contributed by atoms with Crippen molar-refractivity contribution in [2.24, 2.45) is 16.7 Å². The summed E-state index contributed by atoms with van der Waals surface area (Å²) in [5.74, 6) is 0.365. The molecule has 29 heavy (non-hydrogen) atoms. The van der Waals surface area contributed by atoms with Crippen LogP contribution in [0.2, 0.25) is 0 Å². The molecule has 1 heterocycles. The van der Waals surface area contributed by atoms with Crippen LogP contribution in [-0.4, -0.2) is 35.3 Å². The zero-order chi connectivity index (χ0) is 21.4. The van der Waals surface area contributed by atoms with Crippen molar-refractivity contribution < 1.29 is 19.1 Å². The van der Waals surface area contributed by atoms with Crippen LogP contribution in [0.25, 0.3) is 0 Å². The normalized spacial score (nSPS) is 25.4. The van der Waals surface area contributed by atoms with Gasteiger partial charge in [0, 0.05) is 24.6 Å². The molecular formula is C23H32N2O4. The lowest BCUT2D eigenvalue weighted by Gasteiger charge is -2.47. The predicted molar refractivity (Wildman–Crippen MR) is 111 cm³/mol. The van der Waals surface area contributed by atoms with E-state index in [1.54, 1.807) is 12.1 Å². The Morgan fingerprint density at radius 2 is 1.86 bits per heavy atom. The summed E-state index contributed by atoms with van der Waals surface area (Å²) in [5, 5.41) is 2.85. The van der Waals surface area contributed by atoms with Crippen LogP contribution >= 0.6 is 0 Å². The molecule has 1 saturated carbocycles. The largest absolute Gasteiger partial charge is 0.491 e. The van der Waals surface area contributed by atoms with E-state index in [0.717, 1.165) is 18.6 Å². The summed E-state index contributed by atoms with van der Waals surface area (Å²) in [5.41, 5.74) is -0.0998. The minimum Gasteiger partial charge on any atom is -0.491 e. The quantitative estimate of drug-likeness (QED) is 0.702. The molecule has 2 bridgehead atoms. The van der Waals surface area contributed by atoms with E-state index in [4.69, 9.17) is 4.74 Å². The molecule has 1 aliphatic heterocycles. The Bertz CT molecular complexity index is 800. The van der Waals surface area contributed by atoms with E-state index < -0.39 is 5.41 Å². The van der Waals surface area contributed by atoms with Crippen molar-refractivity contribution in [1.29, 1.82) is 0 Å². The average molecular weight is 401 g/mol. The first-order valence-electron chi connectivity index (χ1n) is 10.5. The average Bonchev–Trinajstić information content (AvgIpc) is 2.83. The van der Waals surface area contributed by atoms with Gasteiger partial charge in [0.2, 0.25) is 17.7 Å². The van der Waals surface area contributed by atoms with Crippen molar-refractivity contribution in [2.45, 2.75) is 66.4 Å². The number of nitrogens with zero attached hydrogens (tertiary/aromatic N) is 1. The number of likely N-dealkylation sites (tertiary alicyclic amines) is 1. The fourth-order valence-corrected chi connectivity index (χ4v) is 4.62. The summed E-state index contributed by atoms with van der Waals surface area (Å²) in [6.07, 6.45) is 2.33. The molecule has 3 amide bonds. The molecule has 2 unspecified atom stereocenters. The molecule has 1 N–H and O–H groups in total. The number of hydrogen-bond donors (Lipinski definition) is 1. The smallest absolute Gasteiger partial charge is 0.235 e. The standard InChI is InChI=1S/C23H32N2O4/c1-15(2)29-17-10-8-16(9-11-17)24-19(26)7-6-14-25-20(27)18-12-13-23(5,21(25)28)22(18,3)4/h8-11,15,18H,6-7,12-14H2,1-5H3,(H,24,26). The highest BCUT2D eigenvalue weighted by molar-refractivity contribution is 6.03. The van der Waals surface area contributed by atoms with Crippen molar-refractivity contribution in [3.8, 4) is 5.75 Å². The van der Waals surface area contributed by atoms with Gasteiger partial charge >= 0.3 is 0 Å². The van der Waals surface area contributed by atoms with E-state index in [0.29, 0.717) is 18.7 Å². The Balaban J connectivity index is 1.52. The number of amides is 3. The van der Waals surface area contributed by atoms with Crippen LogP contribution in [0.1, 0.15) is 60.3 Å². The first-order valence-corrected chi connectivity index (χ1v) is 10.5. The van der Waals surface area contributed by atoms with E-state index in [2.05, 4.69) is 5.32 Å². The molecule has 2 fully saturated rings. The Hall–Kier alpha value is -2.37. The lowest BCUT2D eigenvalue weighted by Crippen LogP contribution is -2.59. The molecule has 6 nitrogen and oxygen atoms in total. The van der Waals surface area contributed by atoms with Crippen LogP contribution in [0.4, 0.5) is 5.69 Å². The number of imide groups is 1. The molecule has 0 radical (unpaired) electrons. The molecule has 1 aromatic carbocycles. The summed E-state index contributed by atoms with van der Waals surface area (Å²) >= 11 is 0. The number of nitrogens with one attached hydrogen (secondary N) is 1. The highest BCUT2D eigenvalue weighted by atomic mass is 16.5. The number of fused-ring (bicyclic) bond motifs is 2. The van der Waals surface area contributed by atoms with Crippen molar-refractivity contribution in [2.75, 3.05) is 11.9 Å². The Morgan fingerprint density at radius 3 is 2.48 bits per heavy atom. The number of anilines is 1. The third-order valence-corrected chi connectivity index (χ3v) is 6.80. The van der Waals surface area contributed by atoms with Crippen LogP contribution in [-0.2, 0) is 14.4 Å². The van der Waals surface area contributed by atoms with Gasteiger partial charge in [-0.1, -0.05) is 20.8 Å². The summed E-state index contributed by atoms with van der Waals surface area (Å²) in [4.78, 5) is 39.5. The van der Waals surface area contributed by atoms with E-state index >= 15 is 0 Å². The topological polar surface area (TPSA) is 75.7 Å². The van der Waals surface area contributed by atoms with Gasteiger partial charge in [0.15, 0.2) is 0 Å². The lowest BCUT2D eigenvalue weighted by atomic mass is 9.62. The number of rotatable bonds is 7. The second kappa shape index (κ2) is 7.81. The van der Waals surface area contributed by atoms with Gasteiger partial charge in [-0.2, -0.15) is 0 Å². The second-order valence-corrected chi connectivity index (χ2v) is 9.28. The number of piperidine rings is 1. The van der Waals surface area contributed by atoms with E-state index in [1.165, 1.54) is 4.90 Å². The second-order valence-electron chi connectivity index (χ2n) is 9.28. The summed E-state index contributed by atoms with van der Waals surface area (Å²) in [6.45, 7) is 10.3. The fraction of sp³-hybridized carbons (Fsp3) is 0.609. The van der Waals surface area contributed by atoms with Gasteiger partial charge in [-0.15, -0.1) is 0 Å². The number of carbonyl (C=O) groups is 3. The number of ether oxygens (including phenoxy) is 1. The third kappa shape index (κ3) is 3.89. The van der Waals surface area contributed by atoms with Crippen molar-refractivity contribution in [1.82, 2.24) is 4.90 Å². The first kappa shape index (κ1) is 21.3. The zero-order valence-corrected chi connectivity index (χ0v) is 18.1. The maximum atomic E-state index is 13.0. The van der Waals surface area contributed by atoms with Crippen molar-refractivity contribution in [3.05, 3.63) is 24.3 Å². The number of benzene rings is 1. The molecular weight excluding hydrogens is 368 g/mol. The zero-order valence-electron chi connectivity index (χ0n) is 18.1. The molecule has 2 aliphatic rings. The maximum absolute atomic E-state index is 13.0. The molecule has 3 rings (SSSR count). The van der Waals surface area contributed by atoms with Gasteiger partial charge in [-0.05, 0) is 62.8 Å². The van der Waals surface area contributed by atoms with Gasteiger partial charge < -0.3 is 10.1 Å².